The molecule has 0 spiro atoms. The van der Waals surface area contributed by atoms with Crippen molar-refractivity contribution >= 4 is 5.91 Å². The van der Waals surface area contributed by atoms with Gasteiger partial charge in [0.15, 0.2) is 18.9 Å². The topological polar surface area (TPSA) is 307 Å². The molecule has 3 rings (SSSR count). The third kappa shape index (κ3) is 45.0. The molecule has 0 aromatic heterocycles. The molecule has 0 radical (unpaired) electrons. The van der Waals surface area contributed by atoms with Crippen LogP contribution in [0.3, 0.4) is 0 Å². The van der Waals surface area contributed by atoms with Gasteiger partial charge in [-0.2, -0.15) is 0 Å². The number of hydrogen-bond donors (Lipinski definition) is 12. The van der Waals surface area contributed by atoms with Gasteiger partial charge in [-0.25, -0.2) is 0 Å². The second kappa shape index (κ2) is 65.4. The number of carbonyl (C=O) groups excluding carboxylic acids is 1. The third-order valence-corrected chi connectivity index (χ3v) is 20.4. The minimum Gasteiger partial charge on any atom is -0.394 e. The molecule has 0 aromatic rings. The number of hydrogen-bond acceptors (Lipinski definition) is 18. The fourth-order valence-electron chi connectivity index (χ4n) is 13.7. The minimum atomic E-state index is -1.99. The lowest BCUT2D eigenvalue weighted by atomic mass is 9.96. The predicted molar refractivity (Wildman–Crippen MR) is 420 cm³/mol. The summed E-state index contributed by atoms with van der Waals surface area (Å²) >= 11 is 0. The highest BCUT2D eigenvalue weighted by atomic mass is 16.8. The van der Waals surface area contributed by atoms with Crippen molar-refractivity contribution in [3.63, 3.8) is 0 Å². The molecule has 3 saturated heterocycles. The number of allylic oxidation sites excluding steroid dienone is 15. The Balaban J connectivity index is 1.37. The number of unbranched alkanes of at least 4 members (excludes halogenated alkanes) is 36. The zero-order valence-electron chi connectivity index (χ0n) is 65.2. The number of aliphatic hydroxyl groups is 11. The summed E-state index contributed by atoms with van der Waals surface area (Å²) in [5, 5.41) is 121. The van der Waals surface area contributed by atoms with Crippen molar-refractivity contribution in [1.82, 2.24) is 5.32 Å². The first kappa shape index (κ1) is 95.9. The smallest absolute Gasteiger partial charge is 0.220 e. The van der Waals surface area contributed by atoms with E-state index in [4.69, 9.17) is 28.4 Å². The van der Waals surface area contributed by atoms with Crippen LogP contribution in [0.25, 0.3) is 0 Å². The summed E-state index contributed by atoms with van der Waals surface area (Å²) in [7, 11) is 0. The number of rotatable bonds is 66. The predicted octanol–water partition coefficient (Wildman–Crippen LogP) is 14.7. The molecule has 0 aliphatic carbocycles. The van der Waals surface area contributed by atoms with Crippen LogP contribution in [0.5, 0.6) is 0 Å². The fourth-order valence-corrected chi connectivity index (χ4v) is 13.7. The first-order chi connectivity index (χ1) is 51.3. The van der Waals surface area contributed by atoms with Crippen LogP contribution in [0.15, 0.2) is 97.2 Å². The van der Waals surface area contributed by atoms with E-state index < -0.39 is 124 Å². The summed E-state index contributed by atoms with van der Waals surface area (Å²) in [6.45, 7) is 1.63. The lowest BCUT2D eigenvalue weighted by molar-refractivity contribution is -0.379. The van der Waals surface area contributed by atoms with Crippen molar-refractivity contribution in [3.05, 3.63) is 97.2 Å². The van der Waals surface area contributed by atoms with Crippen molar-refractivity contribution in [3.8, 4) is 0 Å². The maximum absolute atomic E-state index is 13.5. The standard InChI is InChI=1S/C86H151NO18/c1-3-5-7-9-11-13-15-17-19-21-23-25-27-29-31-32-33-34-35-36-38-40-42-44-46-48-50-52-54-56-58-60-62-64-74(92)87-69(70(91)63-61-59-57-55-53-51-49-47-45-43-41-39-37-30-28-26-24-22-20-18-16-14-12-10-8-6-4-2)68-100-84-80(98)77(95)82(72(66-89)102-84)105-86-81(99)78(96)83(73(67-90)103-86)104-85-79(97)76(94)75(93)71(65-88)101-85/h5,7,11,13,17,19,23,25,29,31,33-34,53,55,61,63,69-73,75-86,88-91,93-99H,3-4,6,8-10,12,14-16,18,20-22,24,26-28,30,32,35-52,54,56-60,62,64-68H2,1-2H3,(H,87,92)/b7-5-,13-11-,19-17-,25-23-,31-29-,34-33-,55-53+,63-61+. The average Bonchev–Trinajstić information content (AvgIpc) is 0.780. The molecule has 0 aromatic carbocycles. The van der Waals surface area contributed by atoms with E-state index in [2.05, 4.69) is 104 Å². The minimum absolute atomic E-state index is 0.230. The molecule has 1 amide bonds. The molecule has 608 valence electrons. The zero-order chi connectivity index (χ0) is 76.0. The normalized spacial score (nSPS) is 26.3. The highest BCUT2D eigenvalue weighted by molar-refractivity contribution is 5.76. The van der Waals surface area contributed by atoms with E-state index in [0.29, 0.717) is 12.8 Å². The lowest BCUT2D eigenvalue weighted by Gasteiger charge is -2.48. The summed E-state index contributed by atoms with van der Waals surface area (Å²) in [6, 6.07) is -0.998. The second-order valence-corrected chi connectivity index (χ2v) is 29.6. The molecule has 3 aliphatic heterocycles. The third-order valence-electron chi connectivity index (χ3n) is 20.4. The number of nitrogens with one attached hydrogen (secondary N) is 1. The quantitative estimate of drug-likeness (QED) is 0.0199. The highest BCUT2D eigenvalue weighted by Crippen LogP contribution is 2.33. The summed E-state index contributed by atoms with van der Waals surface area (Å²) < 4.78 is 34.5. The van der Waals surface area contributed by atoms with Gasteiger partial charge in [-0.15, -0.1) is 0 Å². The van der Waals surface area contributed by atoms with Crippen molar-refractivity contribution in [1.29, 1.82) is 0 Å². The van der Waals surface area contributed by atoms with Crippen molar-refractivity contribution in [2.75, 3.05) is 26.4 Å². The molecule has 19 nitrogen and oxygen atoms in total. The van der Waals surface area contributed by atoms with Crippen molar-refractivity contribution < 1.29 is 89.4 Å². The Morgan fingerprint density at radius 1 is 0.352 bits per heavy atom. The number of aliphatic hydroxyl groups excluding tert-OH is 11. The molecule has 0 bridgehead atoms. The van der Waals surface area contributed by atoms with Gasteiger partial charge in [0.1, 0.15) is 73.2 Å². The molecule has 17 unspecified atom stereocenters. The van der Waals surface area contributed by atoms with Gasteiger partial charge in [-0.05, 0) is 83.5 Å². The number of carbonyl (C=O) groups is 1. The average molecular weight is 1490 g/mol. The molecule has 0 saturated carbocycles. The van der Waals surface area contributed by atoms with E-state index in [1.165, 1.54) is 193 Å². The van der Waals surface area contributed by atoms with Crippen molar-refractivity contribution in [2.45, 2.75) is 413 Å². The van der Waals surface area contributed by atoms with Crippen LogP contribution in [0, 0.1) is 0 Å². The largest absolute Gasteiger partial charge is 0.394 e. The maximum atomic E-state index is 13.5. The second-order valence-electron chi connectivity index (χ2n) is 29.6. The van der Waals surface area contributed by atoms with Crippen LogP contribution in [-0.2, 0) is 33.2 Å². The highest BCUT2D eigenvalue weighted by Gasteiger charge is 2.54. The van der Waals surface area contributed by atoms with Crippen LogP contribution < -0.4 is 5.32 Å². The van der Waals surface area contributed by atoms with E-state index in [-0.39, 0.29) is 18.9 Å². The summed E-state index contributed by atoms with van der Waals surface area (Å²) in [4.78, 5) is 13.5. The van der Waals surface area contributed by atoms with Crippen LogP contribution in [-0.4, -0.2) is 193 Å². The van der Waals surface area contributed by atoms with Gasteiger partial charge in [0.25, 0.3) is 0 Å². The van der Waals surface area contributed by atoms with Crippen LogP contribution in [0.4, 0.5) is 0 Å². The van der Waals surface area contributed by atoms with Crippen molar-refractivity contribution in [2.24, 2.45) is 0 Å². The molecule has 105 heavy (non-hydrogen) atoms. The molecular weight excluding hydrogens is 1330 g/mol. The number of amides is 1. The molecule has 3 aliphatic rings. The lowest BCUT2D eigenvalue weighted by Crippen LogP contribution is -2.66. The van der Waals surface area contributed by atoms with Crippen LogP contribution in [0.2, 0.25) is 0 Å². The zero-order valence-corrected chi connectivity index (χ0v) is 65.2. The first-order valence-electron chi connectivity index (χ1n) is 42.0. The molecular formula is C86H151NO18. The molecule has 19 heteroatoms. The Labute approximate surface area is 634 Å². The van der Waals surface area contributed by atoms with Gasteiger partial charge in [-0.3, -0.25) is 4.79 Å². The summed E-state index contributed by atoms with van der Waals surface area (Å²) in [5.41, 5.74) is 0. The van der Waals surface area contributed by atoms with Crippen LogP contribution >= 0.6 is 0 Å². The Morgan fingerprint density at radius 3 is 1.07 bits per heavy atom. The van der Waals surface area contributed by atoms with Gasteiger partial charge in [0.2, 0.25) is 5.91 Å². The molecule has 3 fully saturated rings. The Morgan fingerprint density at radius 2 is 0.667 bits per heavy atom. The summed E-state index contributed by atoms with van der Waals surface area (Å²) in [5.74, 6) is -0.286. The Kier molecular flexibility index (Phi) is 59.8. The molecule has 3 heterocycles. The van der Waals surface area contributed by atoms with E-state index in [1.807, 2.05) is 6.08 Å². The summed E-state index contributed by atoms with van der Waals surface area (Å²) in [6.07, 6.45) is 62.5. The van der Waals surface area contributed by atoms with Gasteiger partial charge in [0, 0.05) is 6.42 Å². The van der Waals surface area contributed by atoms with E-state index in [9.17, 15) is 61.0 Å². The van der Waals surface area contributed by atoms with Gasteiger partial charge < -0.3 is 89.9 Å². The first-order valence-corrected chi connectivity index (χ1v) is 42.0. The molecule has 17 atom stereocenters. The Bertz CT molecular complexity index is 2270. The fraction of sp³-hybridized carbons (Fsp3) is 0.802. The van der Waals surface area contributed by atoms with Crippen LogP contribution in [0.1, 0.15) is 309 Å². The SMILES string of the molecule is CC/C=C\C/C=C\C/C=C\C/C=C\C/C=C\C/C=C\CCCCCCCCCCCCCCCCC(=O)NC(COC1OC(CO)C(OC2OC(CO)C(OC3OC(CO)C(O)C(O)C3O)C(O)C2O)C(O)C1O)C(O)/C=C/CC/C=C/CCCCCCCCCCCCCCCCCCCCCCC. The number of ether oxygens (including phenoxy) is 6. The van der Waals surface area contributed by atoms with Gasteiger partial charge in [0.05, 0.1) is 38.6 Å². The van der Waals surface area contributed by atoms with E-state index in [0.717, 1.165) is 83.5 Å². The monoisotopic (exact) mass is 1490 g/mol. The van der Waals surface area contributed by atoms with E-state index in [1.54, 1.807) is 6.08 Å². The van der Waals surface area contributed by atoms with Gasteiger partial charge in [-0.1, -0.05) is 317 Å². The Hall–Kier alpha value is -3.29. The molecule has 12 N–H and O–H groups in total. The maximum Gasteiger partial charge on any atom is 0.220 e. The van der Waals surface area contributed by atoms with Gasteiger partial charge >= 0.3 is 0 Å². The van der Waals surface area contributed by atoms with E-state index >= 15 is 0 Å².